The Labute approximate surface area is 160 Å². The van der Waals surface area contributed by atoms with Crippen LogP contribution < -0.4 is 4.74 Å². The van der Waals surface area contributed by atoms with Gasteiger partial charge in [0.15, 0.2) is 20.7 Å². The Kier molecular flexibility index (Phi) is 4.54. The van der Waals surface area contributed by atoms with Crippen molar-refractivity contribution in [3.05, 3.63) is 60.4 Å². The summed E-state index contributed by atoms with van der Waals surface area (Å²) in [4.78, 5) is 15.9. The van der Waals surface area contributed by atoms with Gasteiger partial charge in [0.25, 0.3) is 0 Å². The van der Waals surface area contributed by atoms with Crippen molar-refractivity contribution in [2.75, 3.05) is 6.26 Å². The quantitative estimate of drug-likeness (QED) is 0.532. The number of aliphatic hydroxyl groups is 1. The number of benzene rings is 1. The van der Waals surface area contributed by atoms with Crippen molar-refractivity contribution < 1.29 is 18.3 Å². The number of aromatic amines is 1. The van der Waals surface area contributed by atoms with E-state index in [1.165, 1.54) is 18.3 Å². The molecule has 0 atom stereocenters. The fraction of sp³-hybridized carbons (Fsp3) is 0.105. The van der Waals surface area contributed by atoms with Crippen LogP contribution in [-0.2, 0) is 16.4 Å². The number of nitrogens with zero attached hydrogens (tertiary/aromatic N) is 3. The number of imidazole rings is 1. The molecule has 142 valence electrons. The van der Waals surface area contributed by atoms with Gasteiger partial charge >= 0.3 is 0 Å². The minimum absolute atomic E-state index is 0.0359. The van der Waals surface area contributed by atoms with Crippen molar-refractivity contribution in [1.82, 2.24) is 19.9 Å². The molecule has 0 aliphatic rings. The highest BCUT2D eigenvalue weighted by Gasteiger charge is 2.13. The first-order valence-electron chi connectivity index (χ1n) is 8.33. The first kappa shape index (κ1) is 18.1. The lowest BCUT2D eigenvalue weighted by Crippen LogP contribution is -2.00. The van der Waals surface area contributed by atoms with E-state index in [1.807, 2.05) is 18.2 Å². The van der Waals surface area contributed by atoms with Gasteiger partial charge < -0.3 is 14.8 Å². The number of nitrogens with one attached hydrogen (secondary N) is 1. The molecule has 0 amide bonds. The van der Waals surface area contributed by atoms with Gasteiger partial charge in [-0.15, -0.1) is 0 Å². The van der Waals surface area contributed by atoms with E-state index >= 15 is 0 Å². The monoisotopic (exact) mass is 396 g/mol. The van der Waals surface area contributed by atoms with E-state index in [0.29, 0.717) is 39.6 Å². The van der Waals surface area contributed by atoms with Crippen LogP contribution in [-0.4, -0.2) is 39.7 Å². The third kappa shape index (κ3) is 3.57. The zero-order valence-electron chi connectivity index (χ0n) is 14.8. The molecule has 3 heterocycles. The van der Waals surface area contributed by atoms with Crippen molar-refractivity contribution in [2.45, 2.75) is 11.6 Å². The summed E-state index contributed by atoms with van der Waals surface area (Å²) in [6.07, 6.45) is 4.10. The van der Waals surface area contributed by atoms with Gasteiger partial charge in [-0.1, -0.05) is 6.07 Å². The highest BCUT2D eigenvalue weighted by molar-refractivity contribution is 7.90. The Morgan fingerprint density at radius 3 is 2.64 bits per heavy atom. The minimum Gasteiger partial charge on any atom is -0.455 e. The van der Waals surface area contributed by atoms with Gasteiger partial charge in [0, 0.05) is 24.1 Å². The van der Waals surface area contributed by atoms with Crippen molar-refractivity contribution in [1.29, 1.82) is 0 Å². The Hall–Kier alpha value is -3.30. The molecule has 0 bridgehead atoms. The second-order valence-electron chi connectivity index (χ2n) is 6.14. The van der Waals surface area contributed by atoms with Crippen LogP contribution in [0.5, 0.6) is 11.5 Å². The summed E-state index contributed by atoms with van der Waals surface area (Å²) < 4.78 is 28.8. The minimum atomic E-state index is -3.38. The van der Waals surface area contributed by atoms with E-state index < -0.39 is 9.84 Å². The first-order chi connectivity index (χ1) is 13.4. The van der Waals surface area contributed by atoms with Gasteiger partial charge in [0.1, 0.15) is 17.2 Å². The fourth-order valence-electron chi connectivity index (χ4n) is 2.70. The molecule has 3 aromatic heterocycles. The maximum atomic E-state index is 11.5. The highest BCUT2D eigenvalue weighted by atomic mass is 32.2. The van der Waals surface area contributed by atoms with Crippen molar-refractivity contribution in [3.8, 4) is 23.0 Å². The topological polar surface area (TPSA) is 118 Å². The van der Waals surface area contributed by atoms with Gasteiger partial charge in [-0.25, -0.2) is 18.4 Å². The van der Waals surface area contributed by atoms with Gasteiger partial charge in [0.2, 0.25) is 0 Å². The lowest BCUT2D eigenvalue weighted by atomic mass is 10.2. The molecule has 0 aliphatic carbocycles. The Morgan fingerprint density at radius 1 is 1.14 bits per heavy atom. The van der Waals surface area contributed by atoms with Crippen LogP contribution in [0.3, 0.4) is 0 Å². The number of H-pyrrole nitrogens is 1. The SMILES string of the molecule is CS(=O)(=O)c1ccc(Oc2cc3[nH]c(-c4ccccn4)nc3cc2CO)cn1. The van der Waals surface area contributed by atoms with Gasteiger partial charge in [-0.2, -0.15) is 0 Å². The summed E-state index contributed by atoms with van der Waals surface area (Å²) in [6, 6.07) is 11.9. The Bertz CT molecular complexity index is 1240. The van der Waals surface area contributed by atoms with E-state index in [-0.39, 0.29) is 11.6 Å². The largest absolute Gasteiger partial charge is 0.455 e. The molecular weight excluding hydrogens is 380 g/mol. The van der Waals surface area contributed by atoms with Crippen molar-refractivity contribution in [2.24, 2.45) is 0 Å². The molecular formula is C19H16N4O4S. The van der Waals surface area contributed by atoms with Crippen LogP contribution >= 0.6 is 0 Å². The van der Waals surface area contributed by atoms with E-state index in [1.54, 1.807) is 18.3 Å². The lowest BCUT2D eigenvalue weighted by molar-refractivity contribution is 0.276. The third-order valence-electron chi connectivity index (χ3n) is 4.06. The molecule has 0 spiro atoms. The van der Waals surface area contributed by atoms with E-state index in [0.717, 1.165) is 6.26 Å². The second-order valence-corrected chi connectivity index (χ2v) is 8.10. The van der Waals surface area contributed by atoms with Crippen molar-refractivity contribution in [3.63, 3.8) is 0 Å². The number of hydrogen-bond donors (Lipinski definition) is 2. The summed E-state index contributed by atoms with van der Waals surface area (Å²) in [5, 5.41) is 9.67. The normalized spacial score (nSPS) is 11.6. The maximum absolute atomic E-state index is 11.5. The number of aromatic nitrogens is 4. The molecule has 0 radical (unpaired) electrons. The van der Waals surface area contributed by atoms with Gasteiger partial charge in [-0.3, -0.25) is 4.98 Å². The van der Waals surface area contributed by atoms with Gasteiger partial charge in [-0.05, 0) is 30.3 Å². The molecule has 1 aromatic carbocycles. The summed E-state index contributed by atoms with van der Waals surface area (Å²) in [6.45, 7) is -0.244. The predicted octanol–water partition coefficient (Wildman–Crippen LogP) is 2.71. The molecule has 0 fully saturated rings. The lowest BCUT2D eigenvalue weighted by Gasteiger charge is -2.10. The molecule has 2 N–H and O–H groups in total. The van der Waals surface area contributed by atoms with Crippen LogP contribution in [0.2, 0.25) is 0 Å². The summed E-state index contributed by atoms with van der Waals surface area (Å²) in [5.41, 5.74) is 2.63. The van der Waals surface area contributed by atoms with Crippen molar-refractivity contribution >= 4 is 20.9 Å². The number of pyridine rings is 2. The molecule has 9 heteroatoms. The van der Waals surface area contributed by atoms with Crippen LogP contribution in [0.1, 0.15) is 5.56 Å². The molecule has 4 rings (SSSR count). The fourth-order valence-corrected chi connectivity index (χ4v) is 3.26. The van der Waals surface area contributed by atoms with Crippen LogP contribution in [0, 0.1) is 0 Å². The number of aliphatic hydroxyl groups excluding tert-OH is 1. The first-order valence-corrected chi connectivity index (χ1v) is 10.2. The smallest absolute Gasteiger partial charge is 0.192 e. The number of rotatable bonds is 5. The third-order valence-corrected chi connectivity index (χ3v) is 5.06. The van der Waals surface area contributed by atoms with E-state index in [2.05, 4.69) is 19.9 Å². The van der Waals surface area contributed by atoms with E-state index in [4.69, 9.17) is 4.74 Å². The Balaban J connectivity index is 1.70. The van der Waals surface area contributed by atoms with Crippen LogP contribution in [0.15, 0.2) is 59.9 Å². The molecule has 8 nitrogen and oxygen atoms in total. The van der Waals surface area contributed by atoms with Crippen LogP contribution in [0.4, 0.5) is 0 Å². The van der Waals surface area contributed by atoms with E-state index in [9.17, 15) is 13.5 Å². The average molecular weight is 396 g/mol. The molecule has 0 aliphatic heterocycles. The average Bonchev–Trinajstić information content (AvgIpc) is 3.10. The number of ether oxygens (including phenoxy) is 1. The zero-order chi connectivity index (χ0) is 19.7. The molecule has 0 saturated heterocycles. The van der Waals surface area contributed by atoms with Crippen LogP contribution in [0.25, 0.3) is 22.6 Å². The summed E-state index contributed by atoms with van der Waals surface area (Å²) in [5.74, 6) is 1.38. The molecule has 28 heavy (non-hydrogen) atoms. The zero-order valence-corrected chi connectivity index (χ0v) is 15.6. The summed E-state index contributed by atoms with van der Waals surface area (Å²) in [7, 11) is -3.38. The number of hydrogen-bond acceptors (Lipinski definition) is 7. The second kappa shape index (κ2) is 7.02. The maximum Gasteiger partial charge on any atom is 0.192 e. The summed E-state index contributed by atoms with van der Waals surface area (Å²) >= 11 is 0. The molecule has 0 saturated carbocycles. The predicted molar refractivity (Wildman–Crippen MR) is 103 cm³/mol. The molecule has 4 aromatic rings. The highest BCUT2D eigenvalue weighted by Crippen LogP contribution is 2.30. The molecule has 0 unspecified atom stereocenters. The standard InChI is InChI=1S/C19H16N4O4S/c1-28(25,26)18-6-5-13(10-21-18)27-17-9-16-15(8-12(17)11-24)22-19(23-16)14-4-2-3-7-20-14/h2-10,24H,11H2,1H3,(H,22,23). The Morgan fingerprint density at radius 2 is 2.00 bits per heavy atom. The van der Waals surface area contributed by atoms with Gasteiger partial charge in [0.05, 0.1) is 23.8 Å². The number of fused-ring (bicyclic) bond motifs is 1. The number of sulfone groups is 1.